The summed E-state index contributed by atoms with van der Waals surface area (Å²) in [5.74, 6) is 0.748. The smallest absolute Gasteiger partial charge is 0.141 e. The first kappa shape index (κ1) is 13.0. The average molecular weight is 293 g/mol. The van der Waals surface area contributed by atoms with E-state index >= 15 is 0 Å². The molecule has 0 aromatic carbocycles. The number of fused-ring (bicyclic) bond motifs is 3. The highest BCUT2D eigenvalue weighted by molar-refractivity contribution is 6.06. The molecule has 4 heterocycles. The number of nitrogens with zero attached hydrogens (tertiary/aromatic N) is 3. The fourth-order valence-electron chi connectivity index (χ4n) is 2.89. The Hall–Kier alpha value is -2.65. The van der Waals surface area contributed by atoms with Crippen LogP contribution in [0.25, 0.3) is 21.9 Å². The van der Waals surface area contributed by atoms with Crippen LogP contribution in [0.5, 0.6) is 5.75 Å². The molecule has 3 aromatic heterocycles. The van der Waals surface area contributed by atoms with E-state index in [-0.39, 0.29) is 0 Å². The first-order valence-corrected chi connectivity index (χ1v) is 7.37. The molecule has 6 nitrogen and oxygen atoms in total. The zero-order valence-corrected chi connectivity index (χ0v) is 12.0. The van der Waals surface area contributed by atoms with Crippen LogP contribution >= 0.6 is 0 Å². The molecule has 0 spiro atoms. The van der Waals surface area contributed by atoms with Crippen molar-refractivity contribution >= 4 is 21.9 Å². The molecular weight excluding hydrogens is 278 g/mol. The number of ether oxygens (including phenoxy) is 1. The summed E-state index contributed by atoms with van der Waals surface area (Å²) in [6.45, 7) is 1.72. The predicted octanol–water partition coefficient (Wildman–Crippen LogP) is 2.11. The quantitative estimate of drug-likeness (QED) is 0.772. The number of aromatic nitrogens is 3. The van der Waals surface area contributed by atoms with Crippen molar-refractivity contribution < 1.29 is 4.74 Å². The minimum atomic E-state index is 0.398. The molecule has 110 valence electrons. The van der Waals surface area contributed by atoms with Gasteiger partial charge in [-0.05, 0) is 31.5 Å². The fourth-order valence-corrected chi connectivity index (χ4v) is 2.89. The van der Waals surface area contributed by atoms with Crippen molar-refractivity contribution in [2.45, 2.75) is 18.9 Å². The van der Waals surface area contributed by atoms with Gasteiger partial charge >= 0.3 is 0 Å². The van der Waals surface area contributed by atoms with E-state index in [9.17, 15) is 0 Å². The number of rotatable bonds is 3. The van der Waals surface area contributed by atoms with Gasteiger partial charge in [0, 0.05) is 16.8 Å². The highest BCUT2D eigenvalue weighted by atomic mass is 16.5. The molecule has 1 aliphatic heterocycles. The van der Waals surface area contributed by atoms with Crippen LogP contribution in [0.4, 0.5) is 0 Å². The Morgan fingerprint density at radius 3 is 3.05 bits per heavy atom. The molecule has 1 unspecified atom stereocenters. The minimum Gasteiger partial charge on any atom is -0.490 e. The number of aromatic amines is 1. The Morgan fingerprint density at radius 1 is 1.27 bits per heavy atom. The van der Waals surface area contributed by atoms with Gasteiger partial charge in [0.2, 0.25) is 0 Å². The van der Waals surface area contributed by atoms with Crippen molar-refractivity contribution in [3.05, 3.63) is 30.2 Å². The summed E-state index contributed by atoms with van der Waals surface area (Å²) in [4.78, 5) is 11.7. The van der Waals surface area contributed by atoms with Crippen molar-refractivity contribution in [2.75, 3.05) is 13.2 Å². The second kappa shape index (κ2) is 5.28. The van der Waals surface area contributed by atoms with E-state index in [1.165, 1.54) is 6.42 Å². The number of nitriles is 1. The molecule has 1 aliphatic rings. The summed E-state index contributed by atoms with van der Waals surface area (Å²) in [6.07, 6.45) is 5.75. The van der Waals surface area contributed by atoms with Gasteiger partial charge in [-0.15, -0.1) is 0 Å². The Morgan fingerprint density at radius 2 is 2.23 bits per heavy atom. The molecule has 3 aromatic rings. The Kier molecular flexibility index (Phi) is 3.13. The first-order chi connectivity index (χ1) is 10.8. The van der Waals surface area contributed by atoms with Gasteiger partial charge in [0.1, 0.15) is 29.8 Å². The van der Waals surface area contributed by atoms with Crippen LogP contribution in [0.1, 0.15) is 18.5 Å². The van der Waals surface area contributed by atoms with Crippen molar-refractivity contribution in [2.24, 2.45) is 0 Å². The molecule has 0 saturated carbocycles. The summed E-state index contributed by atoms with van der Waals surface area (Å²) in [5.41, 5.74) is 2.05. The second-order valence-electron chi connectivity index (χ2n) is 5.52. The molecule has 22 heavy (non-hydrogen) atoms. The zero-order valence-electron chi connectivity index (χ0n) is 12.0. The largest absolute Gasteiger partial charge is 0.490 e. The molecule has 1 atom stereocenters. The van der Waals surface area contributed by atoms with E-state index in [4.69, 9.17) is 10.00 Å². The van der Waals surface area contributed by atoms with E-state index in [1.54, 1.807) is 18.5 Å². The molecule has 0 aliphatic carbocycles. The van der Waals surface area contributed by atoms with Crippen LogP contribution in [0.15, 0.2) is 24.5 Å². The molecule has 0 bridgehead atoms. The van der Waals surface area contributed by atoms with E-state index in [1.807, 2.05) is 6.07 Å². The standard InChI is InChI=1S/C16H15N5O/c17-6-11-4-13-14-5-12(22-9-10-2-1-3-18-10)7-20-16(14)21-15(13)8-19-11/h4-5,7-8,10,18H,1-3,9H2,(H,20,21). The topological polar surface area (TPSA) is 86.6 Å². The lowest BCUT2D eigenvalue weighted by atomic mass is 10.2. The SMILES string of the molecule is N#Cc1cc2c(cn1)[nH]c1ncc(OCC3CCCN3)cc12. The highest BCUT2D eigenvalue weighted by Crippen LogP contribution is 2.27. The summed E-state index contributed by atoms with van der Waals surface area (Å²) < 4.78 is 5.85. The number of hydrogen-bond donors (Lipinski definition) is 2. The highest BCUT2D eigenvalue weighted by Gasteiger charge is 2.15. The monoisotopic (exact) mass is 293 g/mol. The second-order valence-corrected chi connectivity index (χ2v) is 5.52. The van der Waals surface area contributed by atoms with Crippen LogP contribution < -0.4 is 10.1 Å². The third-order valence-corrected chi connectivity index (χ3v) is 4.04. The summed E-state index contributed by atoms with van der Waals surface area (Å²) in [5, 5.41) is 14.3. The van der Waals surface area contributed by atoms with E-state index in [0.29, 0.717) is 18.3 Å². The Balaban J connectivity index is 1.69. The van der Waals surface area contributed by atoms with Gasteiger partial charge in [0.15, 0.2) is 0 Å². The molecule has 0 radical (unpaired) electrons. The van der Waals surface area contributed by atoms with Crippen LogP contribution in [-0.2, 0) is 0 Å². The average Bonchev–Trinajstić information content (AvgIpc) is 3.19. The number of pyridine rings is 2. The lowest BCUT2D eigenvalue weighted by Gasteiger charge is -2.11. The van der Waals surface area contributed by atoms with Crippen LogP contribution in [-0.4, -0.2) is 34.1 Å². The maximum atomic E-state index is 9.00. The molecule has 1 fully saturated rings. The van der Waals surface area contributed by atoms with E-state index < -0.39 is 0 Å². The molecule has 1 saturated heterocycles. The van der Waals surface area contributed by atoms with Crippen LogP contribution in [0.2, 0.25) is 0 Å². The van der Waals surface area contributed by atoms with Crippen molar-refractivity contribution in [3.63, 3.8) is 0 Å². The lowest BCUT2D eigenvalue weighted by Crippen LogP contribution is -2.28. The van der Waals surface area contributed by atoms with Crippen LogP contribution in [0, 0.1) is 11.3 Å². The predicted molar refractivity (Wildman–Crippen MR) is 82.6 cm³/mol. The third kappa shape index (κ3) is 2.26. The third-order valence-electron chi connectivity index (χ3n) is 4.04. The fraction of sp³-hybridized carbons (Fsp3) is 0.312. The minimum absolute atomic E-state index is 0.398. The lowest BCUT2D eigenvalue weighted by molar-refractivity contribution is 0.277. The summed E-state index contributed by atoms with van der Waals surface area (Å²) in [7, 11) is 0. The Bertz CT molecular complexity index is 873. The van der Waals surface area contributed by atoms with Crippen molar-refractivity contribution in [1.29, 1.82) is 5.26 Å². The maximum Gasteiger partial charge on any atom is 0.141 e. The normalized spacial score (nSPS) is 17.9. The molecule has 4 rings (SSSR count). The van der Waals surface area contributed by atoms with Gasteiger partial charge < -0.3 is 15.0 Å². The summed E-state index contributed by atoms with van der Waals surface area (Å²) in [6, 6.07) is 6.24. The Labute approximate surface area is 127 Å². The molecule has 0 amide bonds. The van der Waals surface area contributed by atoms with E-state index in [2.05, 4.69) is 26.3 Å². The van der Waals surface area contributed by atoms with Gasteiger partial charge in [0.25, 0.3) is 0 Å². The van der Waals surface area contributed by atoms with Crippen molar-refractivity contribution in [3.8, 4) is 11.8 Å². The van der Waals surface area contributed by atoms with Gasteiger partial charge in [-0.2, -0.15) is 5.26 Å². The van der Waals surface area contributed by atoms with Gasteiger partial charge in [-0.1, -0.05) is 0 Å². The molecule has 2 N–H and O–H groups in total. The van der Waals surface area contributed by atoms with Gasteiger partial charge in [-0.3, -0.25) is 0 Å². The maximum absolute atomic E-state index is 9.00. The van der Waals surface area contributed by atoms with Crippen molar-refractivity contribution in [1.82, 2.24) is 20.3 Å². The molecular formula is C16H15N5O. The summed E-state index contributed by atoms with van der Waals surface area (Å²) >= 11 is 0. The number of hydrogen-bond acceptors (Lipinski definition) is 5. The molecule has 6 heteroatoms. The van der Waals surface area contributed by atoms with Gasteiger partial charge in [-0.25, -0.2) is 9.97 Å². The zero-order chi connectivity index (χ0) is 14.9. The van der Waals surface area contributed by atoms with Crippen LogP contribution in [0.3, 0.4) is 0 Å². The van der Waals surface area contributed by atoms with E-state index in [0.717, 1.165) is 40.7 Å². The first-order valence-electron chi connectivity index (χ1n) is 7.37. The number of nitrogens with one attached hydrogen (secondary N) is 2. The van der Waals surface area contributed by atoms with Gasteiger partial charge in [0.05, 0.1) is 17.9 Å². The number of H-pyrrole nitrogens is 1.